The van der Waals surface area contributed by atoms with Crippen molar-refractivity contribution in [2.75, 3.05) is 0 Å². The lowest BCUT2D eigenvalue weighted by Crippen LogP contribution is -2.27. The van der Waals surface area contributed by atoms with E-state index in [0.717, 1.165) is 29.0 Å². The Balaban J connectivity index is 1.81. The Bertz CT molecular complexity index is 1240. The zero-order chi connectivity index (χ0) is 23.1. The number of aliphatic hydroxyl groups excluding tert-OH is 1. The van der Waals surface area contributed by atoms with Crippen LogP contribution < -0.4 is 5.32 Å². The highest BCUT2D eigenvalue weighted by Gasteiger charge is 2.29. The highest BCUT2D eigenvalue weighted by atomic mass is 35.5. The molecule has 0 amide bonds. The lowest BCUT2D eigenvalue weighted by molar-refractivity contribution is -0.136. The predicted octanol–water partition coefficient (Wildman–Crippen LogP) is 3.73. The number of carbonyl (C=O) groups is 1. The second-order valence-corrected chi connectivity index (χ2v) is 10.4. The van der Waals surface area contributed by atoms with Crippen LogP contribution in [0.2, 0.25) is 5.02 Å². The molecule has 31 heavy (non-hydrogen) atoms. The normalized spacial score (nSPS) is 15.0. The van der Waals surface area contributed by atoms with E-state index in [0.29, 0.717) is 10.7 Å². The van der Waals surface area contributed by atoms with Gasteiger partial charge in [-0.15, -0.1) is 0 Å². The number of halogens is 1. The van der Waals surface area contributed by atoms with Crippen LogP contribution in [0, 0.1) is 6.92 Å². The zero-order valence-electron chi connectivity index (χ0n) is 17.6. The number of nitrogens with zero attached hydrogens (tertiary/aromatic N) is 1. The van der Waals surface area contributed by atoms with E-state index in [1.165, 1.54) is 12.1 Å². The third-order valence-electron chi connectivity index (χ3n) is 5.50. The van der Waals surface area contributed by atoms with Gasteiger partial charge in [0.25, 0.3) is 0 Å². The molecule has 3 aromatic rings. The number of hydrogen-bond donors (Lipinski definition) is 3. The minimum Gasteiger partial charge on any atom is -0.480 e. The first-order chi connectivity index (χ1) is 14.4. The number of aliphatic hydroxyl groups is 1. The lowest BCUT2D eigenvalue weighted by atomic mass is 10.1. The first-order valence-electron chi connectivity index (χ1n) is 9.69. The molecule has 0 aliphatic rings. The standard InChI is InChI=1S/C22H25ClN2O5S/c1-12-9-18(23)17-11-20(25(4)19(17)10-12)21(26)24-13(2)15-5-7-16(8-6-15)31(29,30)14(3)22(27)28/h5-11,13-14,21,24,26H,1-4H3,(H,27,28)/t13-,14?,21?/m1/s1. The predicted molar refractivity (Wildman–Crippen MR) is 120 cm³/mol. The summed E-state index contributed by atoms with van der Waals surface area (Å²) in [6.07, 6.45) is -0.987. The number of fused-ring (bicyclic) bond motifs is 1. The number of aliphatic carboxylic acids is 1. The van der Waals surface area contributed by atoms with Crippen molar-refractivity contribution in [1.82, 2.24) is 9.88 Å². The molecule has 0 aliphatic carbocycles. The molecule has 2 aromatic carbocycles. The van der Waals surface area contributed by atoms with E-state index in [1.54, 1.807) is 12.1 Å². The van der Waals surface area contributed by atoms with Crippen molar-refractivity contribution in [2.24, 2.45) is 7.05 Å². The van der Waals surface area contributed by atoms with Gasteiger partial charge in [-0.2, -0.15) is 0 Å². The second-order valence-electron chi connectivity index (χ2n) is 7.69. The van der Waals surface area contributed by atoms with Crippen LogP contribution in [0.3, 0.4) is 0 Å². The number of carboxylic acid groups (broad SMARTS) is 1. The number of carboxylic acids is 1. The average Bonchev–Trinajstić information content (AvgIpc) is 3.04. The van der Waals surface area contributed by atoms with Crippen LogP contribution in [0.25, 0.3) is 10.9 Å². The molecule has 9 heteroatoms. The van der Waals surface area contributed by atoms with Gasteiger partial charge in [-0.05, 0) is 62.2 Å². The van der Waals surface area contributed by atoms with Crippen LogP contribution in [0.1, 0.15) is 42.9 Å². The highest BCUT2D eigenvalue weighted by Crippen LogP contribution is 2.31. The Kier molecular flexibility index (Phi) is 6.48. The van der Waals surface area contributed by atoms with Gasteiger partial charge in [0.1, 0.15) is 6.23 Å². The molecule has 0 saturated heterocycles. The SMILES string of the molecule is Cc1cc(Cl)c2cc(C(O)N[C@H](C)c3ccc(S(=O)(=O)C(C)C(=O)O)cc3)n(C)c2c1. The van der Waals surface area contributed by atoms with Crippen molar-refractivity contribution in [3.63, 3.8) is 0 Å². The largest absolute Gasteiger partial charge is 0.480 e. The summed E-state index contributed by atoms with van der Waals surface area (Å²) < 4.78 is 26.6. The van der Waals surface area contributed by atoms with E-state index in [2.05, 4.69) is 5.32 Å². The smallest absolute Gasteiger partial charge is 0.321 e. The monoisotopic (exact) mass is 464 g/mol. The number of aryl methyl sites for hydroxylation is 2. The van der Waals surface area contributed by atoms with Gasteiger partial charge in [0.05, 0.1) is 15.6 Å². The van der Waals surface area contributed by atoms with Gasteiger partial charge >= 0.3 is 5.97 Å². The van der Waals surface area contributed by atoms with E-state index in [9.17, 15) is 18.3 Å². The molecule has 0 bridgehead atoms. The summed E-state index contributed by atoms with van der Waals surface area (Å²) in [5, 5.41) is 22.8. The molecule has 3 atom stereocenters. The summed E-state index contributed by atoms with van der Waals surface area (Å²) in [6, 6.07) is 11.4. The van der Waals surface area contributed by atoms with Gasteiger partial charge in [-0.1, -0.05) is 23.7 Å². The van der Waals surface area contributed by atoms with Crippen LogP contribution in [-0.4, -0.2) is 34.4 Å². The number of nitrogens with one attached hydrogen (secondary N) is 1. The Morgan fingerprint density at radius 1 is 1.13 bits per heavy atom. The van der Waals surface area contributed by atoms with Crippen molar-refractivity contribution in [3.05, 3.63) is 64.3 Å². The third-order valence-corrected chi connectivity index (χ3v) is 7.88. The molecule has 7 nitrogen and oxygen atoms in total. The van der Waals surface area contributed by atoms with E-state index >= 15 is 0 Å². The van der Waals surface area contributed by atoms with Crippen molar-refractivity contribution >= 4 is 38.3 Å². The van der Waals surface area contributed by atoms with Gasteiger partial charge < -0.3 is 14.8 Å². The minimum atomic E-state index is -3.96. The third kappa shape index (κ3) is 4.48. The van der Waals surface area contributed by atoms with Gasteiger partial charge in [0.2, 0.25) is 0 Å². The molecule has 0 radical (unpaired) electrons. The molecule has 0 fully saturated rings. The lowest BCUT2D eigenvalue weighted by Gasteiger charge is -2.20. The fourth-order valence-electron chi connectivity index (χ4n) is 3.50. The highest BCUT2D eigenvalue weighted by molar-refractivity contribution is 7.92. The zero-order valence-corrected chi connectivity index (χ0v) is 19.2. The molecule has 1 aromatic heterocycles. The fraction of sp³-hybridized carbons (Fsp3) is 0.318. The first kappa shape index (κ1) is 23.3. The van der Waals surface area contributed by atoms with Crippen molar-refractivity contribution < 1.29 is 23.4 Å². The number of aromatic nitrogens is 1. The van der Waals surface area contributed by atoms with E-state index in [1.807, 2.05) is 43.7 Å². The van der Waals surface area contributed by atoms with Crippen LogP contribution in [0.15, 0.2) is 47.4 Å². The van der Waals surface area contributed by atoms with Gasteiger partial charge in [0.15, 0.2) is 15.1 Å². The van der Waals surface area contributed by atoms with E-state index in [4.69, 9.17) is 16.7 Å². The summed E-state index contributed by atoms with van der Waals surface area (Å²) in [5.41, 5.74) is 3.32. The molecule has 0 saturated carbocycles. The molecule has 0 spiro atoms. The van der Waals surface area contributed by atoms with E-state index in [-0.39, 0.29) is 10.9 Å². The number of hydrogen-bond acceptors (Lipinski definition) is 5. The topological polar surface area (TPSA) is 109 Å². The Morgan fingerprint density at radius 2 is 1.74 bits per heavy atom. The summed E-state index contributed by atoms with van der Waals surface area (Å²) >= 11 is 6.35. The van der Waals surface area contributed by atoms with Gasteiger partial charge in [-0.3, -0.25) is 10.1 Å². The molecular weight excluding hydrogens is 440 g/mol. The first-order valence-corrected chi connectivity index (χ1v) is 11.6. The Hall–Kier alpha value is -2.39. The van der Waals surface area contributed by atoms with Crippen LogP contribution >= 0.6 is 11.6 Å². The summed E-state index contributed by atoms with van der Waals surface area (Å²) in [5.74, 6) is -1.40. The van der Waals surface area contributed by atoms with Gasteiger partial charge in [0, 0.05) is 24.0 Å². The molecule has 3 rings (SSSR count). The van der Waals surface area contributed by atoms with Crippen molar-refractivity contribution in [1.29, 1.82) is 0 Å². The maximum absolute atomic E-state index is 12.3. The Labute approximate surface area is 186 Å². The summed E-state index contributed by atoms with van der Waals surface area (Å²) in [6.45, 7) is 4.94. The maximum Gasteiger partial charge on any atom is 0.321 e. The fourth-order valence-corrected chi connectivity index (χ4v) is 5.02. The van der Waals surface area contributed by atoms with Crippen LogP contribution in [0.4, 0.5) is 0 Å². The average molecular weight is 465 g/mol. The molecular formula is C22H25ClN2O5S. The van der Waals surface area contributed by atoms with Crippen molar-refractivity contribution in [3.8, 4) is 0 Å². The Morgan fingerprint density at radius 3 is 2.32 bits per heavy atom. The minimum absolute atomic E-state index is 0.0578. The molecule has 1 heterocycles. The maximum atomic E-state index is 12.3. The van der Waals surface area contributed by atoms with E-state index < -0.39 is 27.3 Å². The molecule has 3 N–H and O–H groups in total. The molecule has 0 aliphatic heterocycles. The molecule has 2 unspecified atom stereocenters. The van der Waals surface area contributed by atoms with Crippen LogP contribution in [0.5, 0.6) is 0 Å². The second kappa shape index (κ2) is 8.63. The summed E-state index contributed by atoms with van der Waals surface area (Å²) in [4.78, 5) is 11.0. The quantitative estimate of drug-likeness (QED) is 0.460. The van der Waals surface area contributed by atoms with Crippen LogP contribution in [-0.2, 0) is 21.7 Å². The summed E-state index contributed by atoms with van der Waals surface area (Å²) in [7, 11) is -2.11. The van der Waals surface area contributed by atoms with Gasteiger partial charge in [-0.25, -0.2) is 8.42 Å². The van der Waals surface area contributed by atoms with Crippen molar-refractivity contribution in [2.45, 2.75) is 43.2 Å². The number of sulfone groups is 1. The number of rotatable bonds is 7. The molecule has 166 valence electrons. The number of benzene rings is 2.